The molecule has 414 valence electrons. The number of aromatic nitrogens is 9. The van der Waals surface area contributed by atoms with Crippen LogP contribution < -0.4 is 21.8 Å². The molecule has 8 heterocycles. The number of nitrogens with zero attached hydrogens (tertiary/aromatic N) is 9. The van der Waals surface area contributed by atoms with E-state index in [2.05, 4.69) is 40.7 Å². The maximum Gasteiger partial charge on any atom is 0.381 e. The first kappa shape index (κ1) is 58.8. The molecule has 0 bridgehead atoms. The van der Waals surface area contributed by atoms with Crippen LogP contribution in [-0.4, -0.2) is 103 Å². The van der Waals surface area contributed by atoms with Crippen LogP contribution >= 0.6 is 45.9 Å². The summed E-state index contributed by atoms with van der Waals surface area (Å²) in [5.74, 6) is -7.02. The summed E-state index contributed by atoms with van der Waals surface area (Å²) in [5, 5.41) is 28.1. The maximum absolute atomic E-state index is 13.3. The molecule has 0 aliphatic carbocycles. The van der Waals surface area contributed by atoms with Gasteiger partial charge in [-0.05, 0) is 42.5 Å². The first-order chi connectivity index (χ1) is 37.8. The number of methoxy groups -OCH3 is 1. The lowest BCUT2D eigenvalue weighted by Gasteiger charge is -2.18. The van der Waals surface area contributed by atoms with E-state index in [0.717, 1.165) is 53.6 Å². The van der Waals surface area contributed by atoms with Crippen LogP contribution in [0.5, 0.6) is 0 Å². The highest BCUT2D eigenvalue weighted by atomic mass is 35.5. The van der Waals surface area contributed by atoms with Crippen molar-refractivity contribution < 1.29 is 52.7 Å². The van der Waals surface area contributed by atoms with Crippen molar-refractivity contribution in [1.82, 2.24) is 43.8 Å². The van der Waals surface area contributed by atoms with Crippen molar-refractivity contribution in [2.75, 3.05) is 17.7 Å². The number of carboxylic acid groups (broad SMARTS) is 1. The van der Waals surface area contributed by atoms with Gasteiger partial charge < -0.3 is 25.0 Å². The second kappa shape index (κ2) is 24.4. The van der Waals surface area contributed by atoms with Crippen LogP contribution in [0.3, 0.4) is 0 Å². The molecule has 8 aromatic rings. The van der Waals surface area contributed by atoms with Crippen molar-refractivity contribution in [3.8, 4) is 22.6 Å². The summed E-state index contributed by atoms with van der Waals surface area (Å²) >= 11 is 14.8. The van der Waals surface area contributed by atoms with E-state index in [4.69, 9.17) is 27.7 Å². The van der Waals surface area contributed by atoms with E-state index in [0.29, 0.717) is 21.0 Å². The molecule has 0 saturated heterocycles. The Morgan fingerprint density at radius 3 is 1.71 bits per heavy atom. The normalized spacial score (nSPS) is 11.3. The fourth-order valence-electron chi connectivity index (χ4n) is 7.40. The molecule has 0 atom stereocenters. The lowest BCUT2D eigenvalue weighted by atomic mass is 9.96. The molecule has 24 nitrogen and oxygen atoms in total. The van der Waals surface area contributed by atoms with Gasteiger partial charge in [0.15, 0.2) is 5.69 Å². The summed E-state index contributed by atoms with van der Waals surface area (Å²) in [7, 11) is 1.02. The summed E-state index contributed by atoms with van der Waals surface area (Å²) in [6.45, 7) is 9.64. The standard InChI is InChI=1S/C26H23ClN6O6S.C26H24ClN5O7S/c1-26(2,3)25(39)33-20(29-11-14-4-6-19(27)40-14)10-17(31-33)22-15(23(36)24(37)38)5-7-21(35)32(22)12-18(34)16-8-9-28-13-30-16;1-26(2,3)25(37)32-20(28-12-14-5-7-19(27)40-14)11-17(29-32)15-6-8-21(34)31(22(15)23(35)24(36)38-4)13-18(33)16-9-10-39-30-16/h4-10,13,29H,11-12H2,1-3H3,(H,37,38);5-11,28H,12-13H2,1-4H3. The summed E-state index contributed by atoms with van der Waals surface area (Å²) in [6.07, 6.45) is 3.71. The topological polar surface area (TPSA) is 322 Å². The van der Waals surface area contributed by atoms with Crippen molar-refractivity contribution in [2.45, 2.75) is 67.7 Å². The molecule has 8 rings (SSSR count). The van der Waals surface area contributed by atoms with Gasteiger partial charge in [0, 0.05) is 62.7 Å². The average Bonchev–Trinajstić information content (AvgIpc) is 4.45. The Labute approximate surface area is 470 Å². The van der Waals surface area contributed by atoms with Crippen LogP contribution in [0.4, 0.5) is 11.6 Å². The van der Waals surface area contributed by atoms with E-state index in [-0.39, 0.29) is 57.9 Å². The molecule has 0 radical (unpaired) electrons. The third-order valence-electron chi connectivity index (χ3n) is 11.3. The van der Waals surface area contributed by atoms with Crippen LogP contribution in [0.15, 0.2) is 106 Å². The Bertz CT molecular complexity index is 3840. The molecular formula is C52H47Cl2N11O13S2. The number of thiophene rings is 2. The number of ketones is 4. The van der Waals surface area contributed by atoms with Gasteiger partial charge in [0.25, 0.3) is 34.5 Å². The Balaban J connectivity index is 0.000000231. The minimum absolute atomic E-state index is 0.00761. The predicted octanol–water partition coefficient (Wildman–Crippen LogP) is 7.62. The molecule has 0 aromatic carbocycles. The lowest BCUT2D eigenvalue weighted by Crippen LogP contribution is -2.32. The first-order valence-corrected chi connectivity index (χ1v) is 26.0. The van der Waals surface area contributed by atoms with Gasteiger partial charge in [-0.25, -0.2) is 19.6 Å². The number of pyridine rings is 2. The molecule has 0 aliphatic heterocycles. The molecule has 0 fully saturated rings. The second-order valence-electron chi connectivity index (χ2n) is 19.2. The first-order valence-electron chi connectivity index (χ1n) is 23.6. The van der Waals surface area contributed by atoms with E-state index in [9.17, 15) is 53.1 Å². The van der Waals surface area contributed by atoms with Gasteiger partial charge in [0.2, 0.25) is 11.6 Å². The molecule has 0 unspecified atom stereocenters. The van der Waals surface area contributed by atoms with Crippen molar-refractivity contribution in [1.29, 1.82) is 0 Å². The minimum Gasteiger partial charge on any atom is -0.475 e. The maximum atomic E-state index is 13.3. The van der Waals surface area contributed by atoms with Crippen molar-refractivity contribution >= 4 is 104 Å². The van der Waals surface area contributed by atoms with Crippen LogP contribution in [-0.2, 0) is 40.5 Å². The highest BCUT2D eigenvalue weighted by Crippen LogP contribution is 2.32. The summed E-state index contributed by atoms with van der Waals surface area (Å²) in [4.78, 5) is 138. The lowest BCUT2D eigenvalue weighted by molar-refractivity contribution is -0.135. The van der Waals surface area contributed by atoms with Crippen molar-refractivity contribution in [3.63, 3.8) is 0 Å². The molecule has 0 amide bonds. The number of hydrogen-bond donors (Lipinski definition) is 3. The summed E-state index contributed by atoms with van der Waals surface area (Å²) < 4.78 is 14.5. The minimum atomic E-state index is -1.77. The van der Waals surface area contributed by atoms with Crippen molar-refractivity contribution in [3.05, 3.63) is 153 Å². The fourth-order valence-corrected chi connectivity index (χ4v) is 9.46. The highest BCUT2D eigenvalue weighted by molar-refractivity contribution is 7.16. The highest BCUT2D eigenvalue weighted by Gasteiger charge is 2.33. The quantitative estimate of drug-likeness (QED) is 0.0422. The monoisotopic (exact) mass is 1170 g/mol. The third kappa shape index (κ3) is 13.5. The molecule has 80 heavy (non-hydrogen) atoms. The Morgan fingerprint density at radius 1 is 0.675 bits per heavy atom. The Hall–Kier alpha value is -8.85. The van der Waals surface area contributed by atoms with Gasteiger partial charge in [-0.3, -0.25) is 47.5 Å². The number of rotatable bonds is 18. The Kier molecular flexibility index (Phi) is 18.0. The molecule has 3 N–H and O–H groups in total. The average molecular weight is 1170 g/mol. The number of carbonyl (C=O) groups is 8. The summed E-state index contributed by atoms with van der Waals surface area (Å²) in [6, 6.07) is 17.2. The zero-order valence-electron chi connectivity index (χ0n) is 43.4. The van der Waals surface area contributed by atoms with E-state index in [1.54, 1.807) is 53.7 Å². The molecule has 0 saturated carbocycles. The van der Waals surface area contributed by atoms with Crippen LogP contribution in [0.1, 0.15) is 103 Å². The zero-order valence-corrected chi connectivity index (χ0v) is 46.6. The van der Waals surface area contributed by atoms with Gasteiger partial charge >= 0.3 is 11.9 Å². The number of halogens is 2. The number of ether oxygens (including phenoxy) is 1. The number of aliphatic carboxylic acids is 1. The number of esters is 1. The SMILES string of the molecule is CC(C)(C)C(=O)n1nc(-c2c(C(=O)C(=O)O)ccc(=O)n2CC(=O)c2ccncn2)cc1NCc1ccc(Cl)s1.COC(=O)C(=O)c1c(-c2cc(NCc3ccc(Cl)s3)n(C(=O)C(C)(C)C)n2)ccc(=O)n1CC(=O)c1ccon1. The van der Waals surface area contributed by atoms with E-state index in [1.807, 2.05) is 12.1 Å². The van der Waals surface area contributed by atoms with Crippen LogP contribution in [0, 0.1) is 10.8 Å². The Morgan fingerprint density at radius 2 is 1.21 bits per heavy atom. The van der Waals surface area contributed by atoms with Crippen LogP contribution in [0.25, 0.3) is 22.6 Å². The van der Waals surface area contributed by atoms with Crippen LogP contribution in [0.2, 0.25) is 8.67 Å². The molecule has 0 spiro atoms. The van der Waals surface area contributed by atoms with Gasteiger partial charge in [-0.1, -0.05) is 69.9 Å². The van der Waals surface area contributed by atoms with Gasteiger partial charge in [0.05, 0.1) is 58.9 Å². The second-order valence-corrected chi connectivity index (χ2v) is 22.8. The number of hydrogen-bond acceptors (Lipinski definition) is 21. The number of carbonyl (C=O) groups excluding carboxylic acids is 7. The fraction of sp³-hybridized carbons (Fsp3) is 0.250. The number of Topliss-reactive ketones (excluding diaryl/α,β-unsaturated/α-hetero) is 4. The van der Waals surface area contributed by atoms with E-state index >= 15 is 0 Å². The van der Waals surface area contributed by atoms with Crippen molar-refractivity contribution in [2.24, 2.45) is 10.8 Å². The predicted molar refractivity (Wildman–Crippen MR) is 293 cm³/mol. The molecular weight excluding hydrogens is 1120 g/mol. The molecule has 8 aromatic heterocycles. The smallest absolute Gasteiger partial charge is 0.381 e. The largest absolute Gasteiger partial charge is 0.475 e. The number of carboxylic acids is 1. The zero-order chi connectivity index (χ0) is 58.4. The molecule has 0 aliphatic rings. The number of anilines is 2. The third-order valence-corrected chi connectivity index (χ3v) is 13.8. The van der Waals surface area contributed by atoms with Gasteiger partial charge in [0.1, 0.15) is 41.3 Å². The summed E-state index contributed by atoms with van der Waals surface area (Å²) in [5.41, 5.74) is -4.19. The van der Waals surface area contributed by atoms with E-state index < -0.39 is 81.7 Å². The number of nitrogens with one attached hydrogen (secondary N) is 2. The van der Waals surface area contributed by atoms with E-state index in [1.165, 1.54) is 71.8 Å². The molecule has 28 heteroatoms. The van der Waals surface area contributed by atoms with Gasteiger partial charge in [-0.2, -0.15) is 19.6 Å². The van der Waals surface area contributed by atoms with Gasteiger partial charge in [-0.15, -0.1) is 22.7 Å².